The van der Waals surface area contributed by atoms with Crippen molar-refractivity contribution in [3.05, 3.63) is 71.3 Å². The smallest absolute Gasteiger partial charge is 0.315 e. The molecule has 1 saturated carbocycles. The topological polar surface area (TPSA) is 70.0 Å². The lowest BCUT2D eigenvalue weighted by molar-refractivity contribution is -0.137. The van der Waals surface area contributed by atoms with Gasteiger partial charge in [-0.1, -0.05) is 80.8 Å². The van der Waals surface area contributed by atoms with E-state index in [4.69, 9.17) is 4.99 Å². The fourth-order valence-corrected chi connectivity index (χ4v) is 4.82. The predicted molar refractivity (Wildman–Crippen MR) is 121 cm³/mol. The van der Waals surface area contributed by atoms with Gasteiger partial charge in [-0.2, -0.15) is 0 Å². The second kappa shape index (κ2) is 9.04. The van der Waals surface area contributed by atoms with Crippen molar-refractivity contribution in [3.8, 4) is 0 Å². The quantitative estimate of drug-likeness (QED) is 0.645. The van der Waals surface area contributed by atoms with Crippen LogP contribution in [0.4, 0.5) is 0 Å². The first-order chi connectivity index (χ1) is 15.0. The summed E-state index contributed by atoms with van der Waals surface area (Å²) in [6.07, 6.45) is 6.76. The molecule has 1 spiro atoms. The number of amides is 1. The number of hydrogen-bond acceptors (Lipinski definition) is 3. The summed E-state index contributed by atoms with van der Waals surface area (Å²) in [5, 5.41) is 9.78. The highest BCUT2D eigenvalue weighted by atomic mass is 16.4. The monoisotopic (exact) mass is 418 g/mol. The maximum Gasteiger partial charge on any atom is 0.315 e. The zero-order valence-corrected chi connectivity index (χ0v) is 18.1. The van der Waals surface area contributed by atoms with Crippen LogP contribution in [0, 0.1) is 0 Å². The summed E-state index contributed by atoms with van der Waals surface area (Å²) < 4.78 is 0. The van der Waals surface area contributed by atoms with Crippen LogP contribution < -0.4 is 0 Å². The van der Waals surface area contributed by atoms with Crippen LogP contribution in [0.1, 0.15) is 74.5 Å². The molecule has 0 radical (unpaired) electrons. The van der Waals surface area contributed by atoms with Gasteiger partial charge in [-0.05, 0) is 36.0 Å². The van der Waals surface area contributed by atoms with E-state index in [1.165, 1.54) is 0 Å². The van der Waals surface area contributed by atoms with Crippen LogP contribution in [0.25, 0.3) is 0 Å². The molecule has 2 aromatic carbocycles. The molecule has 5 heteroatoms. The van der Waals surface area contributed by atoms with Gasteiger partial charge < -0.3 is 5.11 Å². The molecule has 2 aliphatic rings. The van der Waals surface area contributed by atoms with E-state index in [2.05, 4.69) is 6.92 Å². The summed E-state index contributed by atoms with van der Waals surface area (Å²) >= 11 is 0. The average Bonchev–Trinajstić information content (AvgIpc) is 3.35. The molecule has 1 aliphatic heterocycles. The highest BCUT2D eigenvalue weighted by Crippen LogP contribution is 2.40. The first-order valence-electron chi connectivity index (χ1n) is 11.3. The fourth-order valence-electron chi connectivity index (χ4n) is 4.82. The number of nitrogens with zero attached hydrogens (tertiary/aromatic N) is 2. The summed E-state index contributed by atoms with van der Waals surface area (Å²) in [7, 11) is 0. The lowest BCUT2D eigenvalue weighted by Crippen LogP contribution is -2.40. The number of aliphatic carboxylic acids is 1. The van der Waals surface area contributed by atoms with Gasteiger partial charge in [0.05, 0.1) is 6.54 Å². The number of unbranched alkanes of at least 4 members (excludes halogenated alkanes) is 1. The molecular weight excluding hydrogens is 388 g/mol. The van der Waals surface area contributed by atoms with E-state index in [0.717, 1.165) is 67.5 Å². The SMILES string of the molecule is CCCCC1=NC2(CCCC2)C(=O)N1Cc1ccc(C(C(=O)O)c2ccccc2)cc1. The highest BCUT2D eigenvalue weighted by Gasteiger charge is 2.49. The van der Waals surface area contributed by atoms with Crippen LogP contribution in [0.2, 0.25) is 0 Å². The van der Waals surface area contributed by atoms with E-state index in [1.807, 2.05) is 59.5 Å². The average molecular weight is 419 g/mol. The zero-order chi connectivity index (χ0) is 21.8. The molecule has 0 aromatic heterocycles. The summed E-state index contributed by atoms with van der Waals surface area (Å²) in [5.41, 5.74) is 1.97. The molecule has 1 amide bonds. The zero-order valence-electron chi connectivity index (χ0n) is 18.1. The third-order valence-electron chi connectivity index (χ3n) is 6.52. The molecule has 5 nitrogen and oxygen atoms in total. The second-order valence-corrected chi connectivity index (χ2v) is 8.69. The summed E-state index contributed by atoms with van der Waals surface area (Å²) in [5.74, 6) is -0.503. The molecular formula is C26H30N2O3. The number of carbonyl (C=O) groups is 2. The van der Waals surface area contributed by atoms with E-state index in [0.29, 0.717) is 6.54 Å². The molecule has 2 aromatic rings. The summed E-state index contributed by atoms with van der Waals surface area (Å²) in [6.45, 7) is 2.64. The van der Waals surface area contributed by atoms with Gasteiger partial charge in [0, 0.05) is 6.42 Å². The Bertz CT molecular complexity index is 960. The van der Waals surface area contributed by atoms with Gasteiger partial charge in [0.15, 0.2) is 0 Å². The Balaban J connectivity index is 1.54. The Hall–Kier alpha value is -2.95. The van der Waals surface area contributed by atoms with E-state index >= 15 is 0 Å². The molecule has 31 heavy (non-hydrogen) atoms. The van der Waals surface area contributed by atoms with Crippen molar-refractivity contribution in [1.82, 2.24) is 4.90 Å². The van der Waals surface area contributed by atoms with Crippen LogP contribution in [0.5, 0.6) is 0 Å². The lowest BCUT2D eigenvalue weighted by Gasteiger charge is -2.23. The molecule has 162 valence electrons. The fraction of sp³-hybridized carbons (Fsp3) is 0.423. The van der Waals surface area contributed by atoms with Crippen molar-refractivity contribution in [2.24, 2.45) is 4.99 Å². The maximum atomic E-state index is 13.3. The number of carbonyl (C=O) groups excluding carboxylic acids is 1. The minimum atomic E-state index is -0.870. The van der Waals surface area contributed by atoms with Crippen molar-refractivity contribution < 1.29 is 14.7 Å². The van der Waals surface area contributed by atoms with Gasteiger partial charge in [-0.25, -0.2) is 0 Å². The molecule has 1 heterocycles. The number of rotatable bonds is 8. The first kappa shape index (κ1) is 21.3. The molecule has 1 fully saturated rings. The number of carboxylic acid groups (broad SMARTS) is 1. The van der Waals surface area contributed by atoms with Crippen LogP contribution >= 0.6 is 0 Å². The normalized spacial score (nSPS) is 18.4. The van der Waals surface area contributed by atoms with E-state index in [1.54, 1.807) is 0 Å². The largest absolute Gasteiger partial charge is 0.481 e. The van der Waals surface area contributed by atoms with Crippen molar-refractivity contribution in [2.45, 2.75) is 69.9 Å². The minimum absolute atomic E-state index is 0.146. The van der Waals surface area contributed by atoms with Crippen molar-refractivity contribution in [1.29, 1.82) is 0 Å². The van der Waals surface area contributed by atoms with Crippen LogP contribution in [-0.2, 0) is 16.1 Å². The maximum absolute atomic E-state index is 13.3. The van der Waals surface area contributed by atoms with Crippen LogP contribution in [0.15, 0.2) is 59.6 Å². The van der Waals surface area contributed by atoms with Gasteiger partial charge >= 0.3 is 5.97 Å². The molecule has 1 aliphatic carbocycles. The minimum Gasteiger partial charge on any atom is -0.481 e. The number of benzene rings is 2. The Kier molecular flexibility index (Phi) is 6.21. The summed E-state index contributed by atoms with van der Waals surface area (Å²) in [4.78, 5) is 32.0. The number of carboxylic acids is 1. The van der Waals surface area contributed by atoms with Crippen molar-refractivity contribution in [3.63, 3.8) is 0 Å². The Morgan fingerprint density at radius 3 is 2.32 bits per heavy atom. The van der Waals surface area contributed by atoms with Crippen LogP contribution in [-0.4, -0.2) is 33.3 Å². The number of aliphatic imine (C=N–C) groups is 1. The first-order valence-corrected chi connectivity index (χ1v) is 11.3. The predicted octanol–water partition coefficient (Wildman–Crippen LogP) is 5.15. The standard InChI is InChI=1S/C26H30N2O3/c1-2-3-11-22-27-26(16-7-8-17-26)25(31)28(22)18-19-12-14-21(15-13-19)23(24(29)30)20-9-5-4-6-10-20/h4-6,9-10,12-15,23H,2-3,7-8,11,16-18H2,1H3,(H,29,30). The summed E-state index contributed by atoms with van der Waals surface area (Å²) in [6, 6.07) is 16.9. The van der Waals surface area contributed by atoms with Gasteiger partial charge in [0.25, 0.3) is 5.91 Å². The molecule has 4 rings (SSSR count). The van der Waals surface area contributed by atoms with Gasteiger partial charge in [-0.15, -0.1) is 0 Å². The number of amidine groups is 1. The van der Waals surface area contributed by atoms with E-state index in [9.17, 15) is 14.7 Å². The lowest BCUT2D eigenvalue weighted by atomic mass is 9.91. The van der Waals surface area contributed by atoms with Gasteiger partial charge in [0.2, 0.25) is 0 Å². The second-order valence-electron chi connectivity index (χ2n) is 8.69. The molecule has 1 atom stereocenters. The Morgan fingerprint density at radius 2 is 1.71 bits per heavy atom. The molecule has 1 N–H and O–H groups in total. The molecule has 0 saturated heterocycles. The molecule has 1 unspecified atom stereocenters. The van der Waals surface area contributed by atoms with Crippen molar-refractivity contribution in [2.75, 3.05) is 0 Å². The number of hydrogen-bond donors (Lipinski definition) is 1. The Labute approximate surface area is 183 Å². The third kappa shape index (κ3) is 4.27. The Morgan fingerprint density at radius 1 is 1.06 bits per heavy atom. The third-order valence-corrected chi connectivity index (χ3v) is 6.52. The molecule has 0 bridgehead atoms. The van der Waals surface area contributed by atoms with E-state index in [-0.39, 0.29) is 5.91 Å². The van der Waals surface area contributed by atoms with Crippen molar-refractivity contribution >= 4 is 17.7 Å². The van der Waals surface area contributed by atoms with Gasteiger partial charge in [-0.3, -0.25) is 19.5 Å². The van der Waals surface area contributed by atoms with E-state index < -0.39 is 17.4 Å². The van der Waals surface area contributed by atoms with Crippen LogP contribution in [0.3, 0.4) is 0 Å². The highest BCUT2D eigenvalue weighted by molar-refractivity contribution is 6.08. The van der Waals surface area contributed by atoms with Gasteiger partial charge in [0.1, 0.15) is 17.3 Å².